The lowest BCUT2D eigenvalue weighted by Gasteiger charge is -2.29. The van der Waals surface area contributed by atoms with E-state index in [9.17, 15) is 5.11 Å². The summed E-state index contributed by atoms with van der Waals surface area (Å²) in [5.41, 5.74) is 2.52. The first-order chi connectivity index (χ1) is 8.12. The Bertz CT molecular complexity index is 431. The van der Waals surface area contributed by atoms with Gasteiger partial charge in [0.25, 0.3) is 0 Å². The van der Waals surface area contributed by atoms with Gasteiger partial charge in [-0.15, -0.1) is 0 Å². The number of rotatable bonds is 3. The molecular weight excluding hydrogens is 232 g/mol. The normalized spacial score (nSPS) is 34.8. The van der Waals surface area contributed by atoms with Gasteiger partial charge in [-0.05, 0) is 67.1 Å². The van der Waals surface area contributed by atoms with Crippen molar-refractivity contribution in [3.63, 3.8) is 0 Å². The lowest BCUT2D eigenvalue weighted by atomic mass is 9.78. The molecule has 1 aromatic rings. The van der Waals surface area contributed by atoms with Gasteiger partial charge in [0.2, 0.25) is 0 Å². The van der Waals surface area contributed by atoms with Gasteiger partial charge in [0, 0.05) is 11.6 Å². The van der Waals surface area contributed by atoms with Crippen LogP contribution in [-0.4, -0.2) is 11.7 Å². The van der Waals surface area contributed by atoms with Gasteiger partial charge in [-0.25, -0.2) is 0 Å². The third-order valence-electron chi connectivity index (χ3n) is 4.57. The molecule has 2 saturated carbocycles. The van der Waals surface area contributed by atoms with Crippen LogP contribution in [0.4, 0.5) is 0 Å². The van der Waals surface area contributed by atoms with Crippen molar-refractivity contribution in [3.8, 4) is 0 Å². The van der Waals surface area contributed by atoms with Gasteiger partial charge in [-0.2, -0.15) is 0 Å². The molecule has 0 amide bonds. The van der Waals surface area contributed by atoms with E-state index in [0.717, 1.165) is 23.3 Å². The second kappa shape index (κ2) is 4.00. The molecule has 1 nitrogen and oxygen atoms in total. The van der Waals surface area contributed by atoms with Crippen molar-refractivity contribution >= 4 is 11.6 Å². The molecule has 3 rings (SSSR count). The first-order valence-electron chi connectivity index (χ1n) is 6.48. The zero-order chi connectivity index (χ0) is 12.0. The fourth-order valence-electron chi connectivity index (χ4n) is 3.54. The molecule has 17 heavy (non-hydrogen) atoms. The van der Waals surface area contributed by atoms with Crippen LogP contribution in [0.2, 0.25) is 5.02 Å². The standard InChI is InChI=1S/C15H19ClO/c1-10-2-3-11(14(16)4-10)6-15(9-17)7-12-5-13(12)8-15/h2-4,12-13,17H,5-9H2,1H3. The summed E-state index contributed by atoms with van der Waals surface area (Å²) in [5, 5.41) is 10.6. The first-order valence-corrected chi connectivity index (χ1v) is 6.86. The highest BCUT2D eigenvalue weighted by Gasteiger charge is 2.53. The number of aliphatic hydroxyl groups is 1. The third-order valence-corrected chi connectivity index (χ3v) is 4.92. The van der Waals surface area contributed by atoms with Crippen molar-refractivity contribution in [1.29, 1.82) is 0 Å². The summed E-state index contributed by atoms with van der Waals surface area (Å²) < 4.78 is 0. The maximum Gasteiger partial charge on any atom is 0.0490 e. The van der Waals surface area contributed by atoms with Crippen LogP contribution in [0.25, 0.3) is 0 Å². The van der Waals surface area contributed by atoms with E-state index in [1.165, 1.54) is 30.4 Å². The van der Waals surface area contributed by atoms with Crippen molar-refractivity contribution in [3.05, 3.63) is 34.3 Å². The molecule has 2 aliphatic carbocycles. The highest BCUT2D eigenvalue weighted by molar-refractivity contribution is 6.31. The van der Waals surface area contributed by atoms with E-state index in [2.05, 4.69) is 19.1 Å². The molecule has 92 valence electrons. The highest BCUT2D eigenvalue weighted by Crippen LogP contribution is 2.60. The van der Waals surface area contributed by atoms with Gasteiger partial charge in [-0.1, -0.05) is 23.7 Å². The molecule has 0 heterocycles. The topological polar surface area (TPSA) is 20.2 Å². The molecule has 0 radical (unpaired) electrons. The summed E-state index contributed by atoms with van der Waals surface area (Å²) in [6.45, 7) is 2.37. The fraction of sp³-hybridized carbons (Fsp3) is 0.600. The van der Waals surface area contributed by atoms with E-state index in [-0.39, 0.29) is 5.41 Å². The third kappa shape index (κ3) is 2.11. The number of aliphatic hydroxyl groups excluding tert-OH is 1. The Hall–Kier alpha value is -0.530. The van der Waals surface area contributed by atoms with Crippen LogP contribution >= 0.6 is 11.6 Å². The Balaban J connectivity index is 1.81. The van der Waals surface area contributed by atoms with E-state index in [1.54, 1.807) is 0 Å². The molecule has 2 unspecified atom stereocenters. The second-order valence-corrected chi connectivity index (χ2v) is 6.50. The highest BCUT2D eigenvalue weighted by atomic mass is 35.5. The minimum absolute atomic E-state index is 0.118. The second-order valence-electron chi connectivity index (χ2n) is 6.09. The largest absolute Gasteiger partial charge is 0.396 e. The van der Waals surface area contributed by atoms with Crippen LogP contribution in [0.1, 0.15) is 30.4 Å². The van der Waals surface area contributed by atoms with Gasteiger partial charge in [-0.3, -0.25) is 0 Å². The molecule has 0 spiro atoms. The summed E-state index contributed by atoms with van der Waals surface area (Å²) in [6, 6.07) is 6.26. The zero-order valence-corrected chi connectivity index (χ0v) is 11.0. The molecule has 2 aliphatic rings. The number of fused-ring (bicyclic) bond motifs is 1. The van der Waals surface area contributed by atoms with Crippen molar-refractivity contribution in [1.82, 2.24) is 0 Å². The molecule has 0 aromatic heterocycles. The SMILES string of the molecule is Cc1ccc(CC2(CO)CC3CC3C2)c(Cl)c1. The first kappa shape index (κ1) is 11.6. The molecule has 1 aromatic carbocycles. The number of halogens is 1. The van der Waals surface area contributed by atoms with Crippen LogP contribution in [0.15, 0.2) is 18.2 Å². The minimum atomic E-state index is 0.118. The van der Waals surface area contributed by atoms with E-state index >= 15 is 0 Å². The maximum atomic E-state index is 9.72. The van der Waals surface area contributed by atoms with E-state index in [4.69, 9.17) is 11.6 Å². The summed E-state index contributed by atoms with van der Waals surface area (Å²) in [4.78, 5) is 0. The summed E-state index contributed by atoms with van der Waals surface area (Å²) in [7, 11) is 0. The van der Waals surface area contributed by atoms with Crippen molar-refractivity contribution in [2.75, 3.05) is 6.61 Å². The fourth-order valence-corrected chi connectivity index (χ4v) is 3.84. The number of aryl methyl sites for hydroxylation is 1. The molecule has 2 fully saturated rings. The van der Waals surface area contributed by atoms with E-state index in [0.29, 0.717) is 6.61 Å². The summed E-state index contributed by atoms with van der Waals surface area (Å²) in [6.07, 6.45) is 4.72. The van der Waals surface area contributed by atoms with Gasteiger partial charge in [0.05, 0.1) is 0 Å². The van der Waals surface area contributed by atoms with Crippen molar-refractivity contribution in [2.24, 2.45) is 17.3 Å². The monoisotopic (exact) mass is 250 g/mol. The summed E-state index contributed by atoms with van der Waals surface area (Å²) in [5.74, 6) is 1.79. The van der Waals surface area contributed by atoms with Gasteiger partial charge in [0.1, 0.15) is 0 Å². The number of hydrogen-bond donors (Lipinski definition) is 1. The van der Waals surface area contributed by atoms with E-state index < -0.39 is 0 Å². The van der Waals surface area contributed by atoms with Crippen molar-refractivity contribution in [2.45, 2.75) is 32.6 Å². The van der Waals surface area contributed by atoms with E-state index in [1.807, 2.05) is 6.07 Å². The average molecular weight is 251 g/mol. The van der Waals surface area contributed by atoms with Gasteiger partial charge in [0.15, 0.2) is 0 Å². The Morgan fingerprint density at radius 1 is 1.35 bits per heavy atom. The number of benzene rings is 1. The molecular formula is C15H19ClO. The van der Waals surface area contributed by atoms with Crippen LogP contribution in [0.5, 0.6) is 0 Å². The number of hydrogen-bond acceptors (Lipinski definition) is 1. The Labute approximate surface area is 108 Å². The van der Waals surface area contributed by atoms with Crippen LogP contribution < -0.4 is 0 Å². The van der Waals surface area contributed by atoms with Crippen LogP contribution in [0.3, 0.4) is 0 Å². The zero-order valence-electron chi connectivity index (χ0n) is 10.2. The predicted octanol–water partition coefficient (Wildman–Crippen LogP) is 3.60. The molecule has 2 heteroatoms. The summed E-state index contributed by atoms with van der Waals surface area (Å²) >= 11 is 6.29. The lowest BCUT2D eigenvalue weighted by molar-refractivity contribution is 0.117. The predicted molar refractivity (Wildman–Crippen MR) is 70.2 cm³/mol. The van der Waals surface area contributed by atoms with Crippen molar-refractivity contribution < 1.29 is 5.11 Å². The Kier molecular flexibility index (Phi) is 2.72. The lowest BCUT2D eigenvalue weighted by Crippen LogP contribution is -2.26. The van der Waals surface area contributed by atoms with Crippen LogP contribution in [-0.2, 0) is 6.42 Å². The molecule has 0 bridgehead atoms. The quantitative estimate of drug-likeness (QED) is 0.869. The van der Waals surface area contributed by atoms with Gasteiger partial charge < -0.3 is 5.11 Å². The Morgan fingerprint density at radius 2 is 2.06 bits per heavy atom. The maximum absolute atomic E-state index is 9.72. The molecule has 1 N–H and O–H groups in total. The molecule has 0 aliphatic heterocycles. The molecule has 0 saturated heterocycles. The Morgan fingerprint density at radius 3 is 2.65 bits per heavy atom. The van der Waals surface area contributed by atoms with Crippen LogP contribution in [0, 0.1) is 24.2 Å². The smallest absolute Gasteiger partial charge is 0.0490 e. The average Bonchev–Trinajstić information content (AvgIpc) is 2.91. The minimum Gasteiger partial charge on any atom is -0.396 e. The van der Waals surface area contributed by atoms with Gasteiger partial charge >= 0.3 is 0 Å². The molecule has 2 atom stereocenters.